The summed E-state index contributed by atoms with van der Waals surface area (Å²) in [6, 6.07) is 64.5. The molecule has 0 atom stereocenters. The van der Waals surface area contributed by atoms with Gasteiger partial charge in [0.2, 0.25) is 0 Å². The summed E-state index contributed by atoms with van der Waals surface area (Å²) in [6.45, 7) is 4.73. The molecule has 0 fully saturated rings. The van der Waals surface area contributed by atoms with Crippen LogP contribution < -0.4 is 4.90 Å². The highest BCUT2D eigenvalue weighted by molar-refractivity contribution is 7.26. The third kappa shape index (κ3) is 4.38. The Morgan fingerprint density at radius 3 is 2.05 bits per heavy atom. The minimum Gasteiger partial charge on any atom is -0.455 e. The molecule has 56 heavy (non-hydrogen) atoms. The summed E-state index contributed by atoms with van der Waals surface area (Å²) in [5.74, 6) is 0. The molecule has 3 heteroatoms. The second-order valence-electron chi connectivity index (χ2n) is 15.6. The Kier molecular flexibility index (Phi) is 6.59. The first-order valence-corrected chi connectivity index (χ1v) is 20.2. The van der Waals surface area contributed by atoms with Crippen LogP contribution in [-0.4, -0.2) is 0 Å². The fourth-order valence-electron chi connectivity index (χ4n) is 9.65. The monoisotopic (exact) mass is 733 g/mol. The molecule has 0 spiro atoms. The second-order valence-corrected chi connectivity index (χ2v) is 16.7. The summed E-state index contributed by atoms with van der Waals surface area (Å²) in [4.78, 5) is 2.50. The lowest BCUT2D eigenvalue weighted by Gasteiger charge is -2.29. The minimum atomic E-state index is -0.141. The Balaban J connectivity index is 1.19. The molecule has 0 amide bonds. The lowest BCUT2D eigenvalue weighted by Crippen LogP contribution is -2.16. The van der Waals surface area contributed by atoms with Crippen LogP contribution in [0.15, 0.2) is 180 Å². The van der Waals surface area contributed by atoms with Gasteiger partial charge in [-0.15, -0.1) is 11.3 Å². The number of benzene rings is 9. The van der Waals surface area contributed by atoms with Crippen LogP contribution in [0.5, 0.6) is 0 Å². The lowest BCUT2D eigenvalue weighted by atomic mass is 9.82. The molecule has 264 valence electrons. The van der Waals surface area contributed by atoms with Gasteiger partial charge in [-0.1, -0.05) is 147 Å². The van der Waals surface area contributed by atoms with Crippen molar-refractivity contribution in [3.8, 4) is 22.3 Å². The van der Waals surface area contributed by atoms with Crippen molar-refractivity contribution >= 4 is 92.1 Å². The van der Waals surface area contributed by atoms with E-state index in [1.54, 1.807) is 0 Å². The highest BCUT2D eigenvalue weighted by Gasteiger charge is 2.36. The van der Waals surface area contributed by atoms with Crippen molar-refractivity contribution in [2.45, 2.75) is 19.3 Å². The van der Waals surface area contributed by atoms with Crippen LogP contribution in [0, 0.1) is 0 Å². The van der Waals surface area contributed by atoms with Crippen molar-refractivity contribution < 1.29 is 4.42 Å². The maximum absolute atomic E-state index is 7.12. The number of thiophene rings is 1. The van der Waals surface area contributed by atoms with E-state index in [2.05, 4.69) is 195 Å². The molecule has 0 radical (unpaired) electrons. The Bertz CT molecular complexity index is 3410. The Hall–Kier alpha value is -6.68. The van der Waals surface area contributed by atoms with Gasteiger partial charge >= 0.3 is 0 Å². The molecule has 0 aliphatic heterocycles. The van der Waals surface area contributed by atoms with E-state index in [1.807, 2.05) is 11.3 Å². The van der Waals surface area contributed by atoms with Crippen LogP contribution in [0.25, 0.3) is 85.9 Å². The zero-order valence-corrected chi connectivity index (χ0v) is 31.8. The number of hydrogen-bond acceptors (Lipinski definition) is 3. The van der Waals surface area contributed by atoms with E-state index in [0.717, 1.165) is 44.6 Å². The summed E-state index contributed by atoms with van der Waals surface area (Å²) in [5, 5.41) is 9.59. The fraction of sp³-hybridized carbons (Fsp3) is 0.0566. The zero-order chi connectivity index (χ0) is 37.1. The average Bonchev–Trinajstić information content (AvgIpc) is 3.88. The summed E-state index contributed by atoms with van der Waals surface area (Å²) >= 11 is 1.87. The molecule has 1 aliphatic carbocycles. The first-order valence-electron chi connectivity index (χ1n) is 19.3. The standard InChI is InChI=1S/C53H35NOS/c1-53(2)43-23-9-7-19-37(43)38-29-28-34(31-44(38)53)54(46-25-12-22-41-39-20-8-10-27-48(39)56-52(41)46)45-24-13-26-47-50(45)42-30-33-15-4-6-18-36(33)49(51(42)55-47)40-21-11-16-32-14-3-5-17-35(32)40/h3-31H,1-2H3. The van der Waals surface area contributed by atoms with Gasteiger partial charge in [-0.2, -0.15) is 0 Å². The van der Waals surface area contributed by atoms with E-state index < -0.39 is 0 Å². The van der Waals surface area contributed by atoms with Crippen LogP contribution in [0.1, 0.15) is 25.0 Å². The predicted octanol–water partition coefficient (Wildman–Crippen LogP) is 15.7. The van der Waals surface area contributed by atoms with Crippen molar-refractivity contribution in [3.05, 3.63) is 187 Å². The molecule has 2 aromatic heterocycles. The number of hydrogen-bond donors (Lipinski definition) is 0. The van der Waals surface area contributed by atoms with Crippen molar-refractivity contribution in [1.82, 2.24) is 0 Å². The average molecular weight is 734 g/mol. The molecule has 11 aromatic rings. The number of anilines is 3. The van der Waals surface area contributed by atoms with Gasteiger partial charge in [0.25, 0.3) is 0 Å². The molecule has 0 N–H and O–H groups in total. The molecule has 1 aliphatic rings. The Morgan fingerprint density at radius 2 is 1.14 bits per heavy atom. The van der Waals surface area contributed by atoms with Gasteiger partial charge in [0.15, 0.2) is 0 Å². The van der Waals surface area contributed by atoms with Gasteiger partial charge in [0, 0.05) is 37.5 Å². The molecule has 2 nitrogen and oxygen atoms in total. The number of rotatable bonds is 4. The first kappa shape index (κ1) is 31.6. The van der Waals surface area contributed by atoms with Gasteiger partial charge in [0.05, 0.1) is 21.5 Å². The molecular formula is C53H35NOS. The van der Waals surface area contributed by atoms with Crippen molar-refractivity contribution in [3.63, 3.8) is 0 Å². The summed E-state index contributed by atoms with van der Waals surface area (Å²) in [7, 11) is 0. The minimum absolute atomic E-state index is 0.141. The van der Waals surface area contributed by atoms with E-state index >= 15 is 0 Å². The SMILES string of the molecule is CC1(C)c2ccccc2-c2ccc(N(c3cccc4c3sc3ccccc34)c3cccc4oc5c(-c6cccc7ccccc67)c6ccccc6cc5c34)cc21. The van der Waals surface area contributed by atoms with Gasteiger partial charge in [-0.3, -0.25) is 0 Å². The van der Waals surface area contributed by atoms with E-state index in [0.29, 0.717) is 0 Å². The molecule has 2 heterocycles. The normalized spacial score (nSPS) is 13.3. The van der Waals surface area contributed by atoms with Crippen LogP contribution >= 0.6 is 11.3 Å². The maximum Gasteiger partial charge on any atom is 0.143 e. The molecule has 12 rings (SSSR count). The Labute approximate surface area is 328 Å². The van der Waals surface area contributed by atoms with E-state index in [-0.39, 0.29) is 5.41 Å². The van der Waals surface area contributed by atoms with Gasteiger partial charge in [0.1, 0.15) is 11.2 Å². The first-order chi connectivity index (χ1) is 27.5. The molecular weight excluding hydrogens is 699 g/mol. The number of fused-ring (bicyclic) bond motifs is 11. The van der Waals surface area contributed by atoms with Crippen molar-refractivity contribution in [2.24, 2.45) is 0 Å². The van der Waals surface area contributed by atoms with Crippen LogP contribution in [0.3, 0.4) is 0 Å². The van der Waals surface area contributed by atoms with Crippen LogP contribution in [0.4, 0.5) is 17.1 Å². The number of nitrogens with zero attached hydrogens (tertiary/aromatic N) is 1. The smallest absolute Gasteiger partial charge is 0.143 e. The molecule has 0 saturated heterocycles. The van der Waals surface area contributed by atoms with Crippen LogP contribution in [-0.2, 0) is 5.41 Å². The summed E-state index contributed by atoms with van der Waals surface area (Å²) in [6.07, 6.45) is 0. The van der Waals surface area contributed by atoms with Crippen molar-refractivity contribution in [2.75, 3.05) is 4.90 Å². The summed E-state index contributed by atoms with van der Waals surface area (Å²) < 4.78 is 9.68. The molecule has 0 bridgehead atoms. The largest absolute Gasteiger partial charge is 0.455 e. The Morgan fingerprint density at radius 1 is 0.482 bits per heavy atom. The third-order valence-corrected chi connectivity index (χ3v) is 13.4. The van der Waals surface area contributed by atoms with Gasteiger partial charge in [-0.05, 0) is 91.8 Å². The molecule has 0 saturated carbocycles. The van der Waals surface area contributed by atoms with Crippen LogP contribution in [0.2, 0.25) is 0 Å². The quantitative estimate of drug-likeness (QED) is 0.179. The van der Waals surface area contributed by atoms with Crippen molar-refractivity contribution in [1.29, 1.82) is 0 Å². The second kappa shape index (κ2) is 11.7. The van der Waals surface area contributed by atoms with Gasteiger partial charge in [-0.25, -0.2) is 0 Å². The molecule has 9 aromatic carbocycles. The highest BCUT2D eigenvalue weighted by atomic mass is 32.1. The van der Waals surface area contributed by atoms with Gasteiger partial charge < -0.3 is 9.32 Å². The zero-order valence-electron chi connectivity index (χ0n) is 31.0. The third-order valence-electron chi connectivity index (χ3n) is 12.2. The fourth-order valence-corrected chi connectivity index (χ4v) is 10.9. The van der Waals surface area contributed by atoms with E-state index in [4.69, 9.17) is 4.42 Å². The summed E-state index contributed by atoms with van der Waals surface area (Å²) in [5.41, 5.74) is 12.7. The maximum atomic E-state index is 7.12. The lowest BCUT2D eigenvalue weighted by molar-refractivity contribution is 0.660. The topological polar surface area (TPSA) is 16.4 Å². The highest BCUT2D eigenvalue weighted by Crippen LogP contribution is 2.54. The van der Waals surface area contributed by atoms with E-state index in [1.165, 1.54) is 69.5 Å². The number of furan rings is 1. The predicted molar refractivity (Wildman–Crippen MR) is 239 cm³/mol. The molecule has 0 unspecified atom stereocenters. The van der Waals surface area contributed by atoms with E-state index in [9.17, 15) is 0 Å².